The zero-order chi connectivity index (χ0) is 22.7. The third-order valence-corrected chi connectivity index (χ3v) is 6.52. The van der Waals surface area contributed by atoms with Crippen LogP contribution in [0.1, 0.15) is 31.7 Å². The van der Waals surface area contributed by atoms with Gasteiger partial charge in [0.25, 0.3) is 0 Å². The Labute approximate surface area is 191 Å². The van der Waals surface area contributed by atoms with Crippen LogP contribution >= 0.6 is 11.3 Å². The van der Waals surface area contributed by atoms with Gasteiger partial charge in [0.15, 0.2) is 0 Å². The second kappa shape index (κ2) is 9.33. The first-order valence-corrected chi connectivity index (χ1v) is 11.6. The van der Waals surface area contributed by atoms with Crippen molar-refractivity contribution < 1.29 is 19.1 Å². The van der Waals surface area contributed by atoms with Crippen LogP contribution in [-0.2, 0) is 16.0 Å². The highest BCUT2D eigenvalue weighted by molar-refractivity contribution is 7.09. The van der Waals surface area contributed by atoms with E-state index in [1.165, 1.54) is 12.3 Å². The minimum absolute atomic E-state index is 0.141. The first-order chi connectivity index (χ1) is 15.3. The lowest BCUT2D eigenvalue weighted by molar-refractivity contribution is -0.132. The molecule has 4 heterocycles. The number of thiazole rings is 1. The van der Waals surface area contributed by atoms with Crippen LogP contribution in [0.4, 0.5) is 10.5 Å². The van der Waals surface area contributed by atoms with E-state index in [-0.39, 0.29) is 23.1 Å². The number of ether oxygens (including phenoxy) is 1. The Balaban J connectivity index is 1.27. The molecule has 32 heavy (non-hydrogen) atoms. The van der Waals surface area contributed by atoms with Crippen LogP contribution in [0.3, 0.4) is 0 Å². The number of piperazine rings is 1. The molecule has 170 valence electrons. The fraction of sp³-hybridized carbons (Fsp3) is 0.500. The number of nitrogens with zero attached hydrogens (tertiary/aromatic N) is 5. The Morgan fingerprint density at radius 1 is 1.09 bits per heavy atom. The standard InChI is InChI=1S/C22H27N5O4S/c1-22(2)13-19(28)27(20(29)14-22)16-3-4-17(24-15-16)31-21(30)26-10-8-25(9-11-26)7-5-18-23-6-12-32-18/h3-4,6,12,15H,5,7-11,13-14H2,1-2H3. The lowest BCUT2D eigenvalue weighted by Gasteiger charge is -2.34. The summed E-state index contributed by atoms with van der Waals surface area (Å²) in [7, 11) is 0. The highest BCUT2D eigenvalue weighted by Crippen LogP contribution is 2.34. The third kappa shape index (κ3) is 5.31. The van der Waals surface area contributed by atoms with Gasteiger partial charge in [-0.1, -0.05) is 13.8 Å². The van der Waals surface area contributed by atoms with Crippen molar-refractivity contribution in [3.63, 3.8) is 0 Å². The summed E-state index contributed by atoms with van der Waals surface area (Å²) in [6.07, 6.45) is 4.27. The molecule has 0 unspecified atom stereocenters. The molecule has 3 amide bonds. The fourth-order valence-electron chi connectivity index (χ4n) is 3.97. The topological polar surface area (TPSA) is 95.9 Å². The predicted molar refractivity (Wildman–Crippen MR) is 120 cm³/mol. The maximum absolute atomic E-state index is 12.5. The van der Waals surface area contributed by atoms with Crippen LogP contribution in [0.15, 0.2) is 29.9 Å². The Morgan fingerprint density at radius 3 is 2.41 bits per heavy atom. The van der Waals surface area contributed by atoms with Crippen LogP contribution in [0.2, 0.25) is 0 Å². The van der Waals surface area contributed by atoms with Gasteiger partial charge in [0.05, 0.1) is 16.9 Å². The number of piperidine rings is 1. The number of pyridine rings is 1. The van der Waals surface area contributed by atoms with Crippen LogP contribution in [0, 0.1) is 5.41 Å². The van der Waals surface area contributed by atoms with Crippen molar-refractivity contribution >= 4 is 34.9 Å². The van der Waals surface area contributed by atoms with Crippen molar-refractivity contribution in [1.82, 2.24) is 19.8 Å². The first kappa shape index (κ1) is 22.3. The third-order valence-electron chi connectivity index (χ3n) is 5.69. The van der Waals surface area contributed by atoms with Gasteiger partial charge in [-0.15, -0.1) is 11.3 Å². The van der Waals surface area contributed by atoms with E-state index in [0.29, 0.717) is 31.6 Å². The molecule has 2 aromatic heterocycles. The van der Waals surface area contributed by atoms with Gasteiger partial charge in [-0.2, -0.15) is 0 Å². The number of hydrogen-bond acceptors (Lipinski definition) is 8. The van der Waals surface area contributed by atoms with Crippen molar-refractivity contribution in [2.75, 3.05) is 37.6 Å². The zero-order valence-corrected chi connectivity index (χ0v) is 19.1. The van der Waals surface area contributed by atoms with Crippen molar-refractivity contribution in [2.45, 2.75) is 33.1 Å². The second-order valence-corrected chi connectivity index (χ2v) is 9.85. The summed E-state index contributed by atoms with van der Waals surface area (Å²) >= 11 is 1.66. The molecule has 0 aromatic carbocycles. The van der Waals surface area contributed by atoms with Gasteiger partial charge in [-0.05, 0) is 11.5 Å². The monoisotopic (exact) mass is 457 g/mol. The molecular formula is C22H27N5O4S. The summed E-state index contributed by atoms with van der Waals surface area (Å²) in [4.78, 5) is 50.9. The summed E-state index contributed by atoms with van der Waals surface area (Å²) in [5, 5.41) is 3.10. The number of aromatic nitrogens is 2. The van der Waals surface area contributed by atoms with Crippen molar-refractivity contribution in [2.24, 2.45) is 5.41 Å². The Morgan fingerprint density at radius 2 is 1.81 bits per heavy atom. The number of hydrogen-bond donors (Lipinski definition) is 0. The van der Waals surface area contributed by atoms with E-state index in [2.05, 4.69) is 14.9 Å². The van der Waals surface area contributed by atoms with Crippen LogP contribution in [0.25, 0.3) is 0 Å². The minimum atomic E-state index is -0.448. The number of imide groups is 1. The minimum Gasteiger partial charge on any atom is -0.391 e. The molecule has 0 radical (unpaired) electrons. The van der Waals surface area contributed by atoms with E-state index < -0.39 is 6.09 Å². The Bertz CT molecular complexity index is 949. The molecule has 2 fully saturated rings. The first-order valence-electron chi connectivity index (χ1n) is 10.7. The Hall–Kier alpha value is -2.85. The summed E-state index contributed by atoms with van der Waals surface area (Å²) in [5.41, 5.74) is 0.0578. The molecule has 0 bridgehead atoms. The molecule has 0 saturated carbocycles. The van der Waals surface area contributed by atoms with E-state index >= 15 is 0 Å². The molecule has 2 aromatic rings. The van der Waals surface area contributed by atoms with Crippen molar-refractivity contribution in [3.8, 4) is 5.88 Å². The summed E-state index contributed by atoms with van der Waals surface area (Å²) in [6.45, 7) is 7.46. The van der Waals surface area contributed by atoms with Gasteiger partial charge in [0.1, 0.15) is 0 Å². The van der Waals surface area contributed by atoms with Gasteiger partial charge in [-0.25, -0.2) is 19.7 Å². The molecule has 2 aliphatic heterocycles. The smallest absolute Gasteiger partial charge is 0.391 e. The fourth-order valence-corrected chi connectivity index (χ4v) is 4.58. The van der Waals surface area contributed by atoms with Gasteiger partial charge < -0.3 is 9.64 Å². The molecule has 0 aliphatic carbocycles. The lowest BCUT2D eigenvalue weighted by atomic mass is 9.81. The van der Waals surface area contributed by atoms with E-state index in [9.17, 15) is 14.4 Å². The van der Waals surface area contributed by atoms with E-state index in [1.54, 1.807) is 22.3 Å². The molecule has 9 nitrogen and oxygen atoms in total. The SMILES string of the molecule is CC1(C)CC(=O)N(c2ccc(OC(=O)N3CCN(CCc4nccs4)CC3)nc2)C(=O)C1. The molecule has 4 rings (SSSR count). The van der Waals surface area contributed by atoms with Gasteiger partial charge in [-0.3, -0.25) is 14.5 Å². The average Bonchev–Trinajstić information content (AvgIpc) is 3.26. The molecular weight excluding hydrogens is 430 g/mol. The van der Waals surface area contributed by atoms with Gasteiger partial charge in [0.2, 0.25) is 17.7 Å². The second-order valence-electron chi connectivity index (χ2n) is 8.87. The number of anilines is 1. The van der Waals surface area contributed by atoms with Crippen LogP contribution in [-0.4, -0.2) is 70.4 Å². The summed E-state index contributed by atoms with van der Waals surface area (Å²) < 4.78 is 5.40. The van der Waals surface area contributed by atoms with Gasteiger partial charge >= 0.3 is 6.09 Å². The lowest BCUT2D eigenvalue weighted by Crippen LogP contribution is -2.50. The number of carbonyl (C=O) groups excluding carboxylic acids is 3. The van der Waals surface area contributed by atoms with Crippen LogP contribution < -0.4 is 9.64 Å². The number of carbonyl (C=O) groups is 3. The molecule has 0 N–H and O–H groups in total. The number of amides is 3. The summed E-state index contributed by atoms with van der Waals surface area (Å²) in [6, 6.07) is 3.10. The largest absolute Gasteiger partial charge is 0.416 e. The summed E-state index contributed by atoms with van der Waals surface area (Å²) in [5.74, 6) is -0.349. The maximum Gasteiger partial charge on any atom is 0.416 e. The van der Waals surface area contributed by atoms with E-state index in [1.807, 2.05) is 25.4 Å². The Kier molecular flexibility index (Phi) is 6.52. The molecule has 10 heteroatoms. The van der Waals surface area contributed by atoms with E-state index in [0.717, 1.165) is 36.0 Å². The zero-order valence-electron chi connectivity index (χ0n) is 18.3. The maximum atomic E-state index is 12.5. The molecule has 0 atom stereocenters. The number of rotatable bonds is 5. The van der Waals surface area contributed by atoms with Crippen LogP contribution in [0.5, 0.6) is 5.88 Å². The predicted octanol–water partition coefficient (Wildman–Crippen LogP) is 2.58. The molecule has 2 saturated heterocycles. The van der Waals surface area contributed by atoms with Crippen molar-refractivity contribution in [3.05, 3.63) is 34.9 Å². The highest BCUT2D eigenvalue weighted by atomic mass is 32.1. The normalized spacial score (nSPS) is 19.3. The quantitative estimate of drug-likeness (QED) is 0.637. The molecule has 2 aliphatic rings. The highest BCUT2D eigenvalue weighted by Gasteiger charge is 2.38. The average molecular weight is 458 g/mol. The van der Waals surface area contributed by atoms with Gasteiger partial charge in [0, 0.05) is 69.6 Å². The van der Waals surface area contributed by atoms with E-state index in [4.69, 9.17) is 4.74 Å². The van der Waals surface area contributed by atoms with Crippen molar-refractivity contribution in [1.29, 1.82) is 0 Å². The molecule has 0 spiro atoms.